The van der Waals surface area contributed by atoms with E-state index in [1.165, 1.54) is 36.1 Å². The molecule has 0 spiro atoms. The second-order valence-electron chi connectivity index (χ2n) is 8.41. The van der Waals surface area contributed by atoms with Crippen molar-refractivity contribution in [3.8, 4) is 0 Å². The lowest BCUT2D eigenvalue weighted by molar-refractivity contribution is 0.290. The summed E-state index contributed by atoms with van der Waals surface area (Å²) >= 11 is 0. The first-order valence-corrected chi connectivity index (χ1v) is 10.3. The molecule has 5 N–H and O–H groups in total. The first-order chi connectivity index (χ1) is 13.1. The van der Waals surface area contributed by atoms with E-state index in [4.69, 9.17) is 5.73 Å². The molecule has 144 valence electrons. The van der Waals surface area contributed by atoms with Gasteiger partial charge in [0.25, 0.3) is 0 Å². The quantitative estimate of drug-likeness (QED) is 0.619. The van der Waals surface area contributed by atoms with Crippen LogP contribution in [0, 0.1) is 0 Å². The Kier molecular flexibility index (Phi) is 5.37. The summed E-state index contributed by atoms with van der Waals surface area (Å²) in [6, 6.07) is 17.4. The van der Waals surface area contributed by atoms with E-state index in [0.717, 1.165) is 31.7 Å². The summed E-state index contributed by atoms with van der Waals surface area (Å²) < 4.78 is 0. The standard InChI is InChI=1S/C23H32N4/c1-23(13-12-20(16-26-23)17-4-8-21(24)9-5-17)27-22-10-6-18(7-11-22)19-3-2-14-25-15-19/h4-11,19-20,25-27H,2-3,12-16,24H2,1H3/t19?,20?,23-/m0/s1. The summed E-state index contributed by atoms with van der Waals surface area (Å²) in [4.78, 5) is 0. The van der Waals surface area contributed by atoms with E-state index >= 15 is 0 Å². The van der Waals surface area contributed by atoms with Crippen molar-refractivity contribution < 1.29 is 0 Å². The molecular formula is C23H32N4. The van der Waals surface area contributed by atoms with Crippen molar-refractivity contribution in [2.45, 2.75) is 50.1 Å². The number of nitrogens with two attached hydrogens (primary N) is 1. The maximum Gasteiger partial charge on any atom is 0.0853 e. The van der Waals surface area contributed by atoms with E-state index in [1.807, 2.05) is 12.1 Å². The lowest BCUT2D eigenvalue weighted by atomic mass is 9.86. The van der Waals surface area contributed by atoms with Gasteiger partial charge in [-0.15, -0.1) is 0 Å². The highest BCUT2D eigenvalue weighted by Crippen LogP contribution is 2.31. The van der Waals surface area contributed by atoms with Gasteiger partial charge in [0.1, 0.15) is 0 Å². The van der Waals surface area contributed by atoms with Crippen LogP contribution in [0.5, 0.6) is 0 Å². The average molecular weight is 365 g/mol. The van der Waals surface area contributed by atoms with Crippen LogP contribution in [0.15, 0.2) is 48.5 Å². The average Bonchev–Trinajstić information content (AvgIpc) is 2.70. The van der Waals surface area contributed by atoms with E-state index in [9.17, 15) is 0 Å². The van der Waals surface area contributed by atoms with E-state index in [2.05, 4.69) is 59.3 Å². The molecule has 2 saturated heterocycles. The zero-order valence-electron chi connectivity index (χ0n) is 16.3. The molecule has 0 aliphatic carbocycles. The molecule has 4 nitrogen and oxygen atoms in total. The fourth-order valence-corrected chi connectivity index (χ4v) is 4.45. The van der Waals surface area contributed by atoms with Crippen molar-refractivity contribution in [3.63, 3.8) is 0 Å². The Hall–Kier alpha value is -2.04. The number of anilines is 2. The van der Waals surface area contributed by atoms with E-state index in [1.54, 1.807) is 0 Å². The number of hydrogen-bond acceptors (Lipinski definition) is 4. The minimum atomic E-state index is -0.0573. The fraction of sp³-hybridized carbons (Fsp3) is 0.478. The molecule has 3 atom stereocenters. The Morgan fingerprint density at radius 3 is 2.19 bits per heavy atom. The van der Waals surface area contributed by atoms with Gasteiger partial charge in [-0.05, 0) is 86.4 Å². The lowest BCUT2D eigenvalue weighted by Crippen LogP contribution is -2.53. The molecule has 4 rings (SSSR count). The Balaban J connectivity index is 1.34. The molecule has 27 heavy (non-hydrogen) atoms. The molecule has 0 aromatic heterocycles. The van der Waals surface area contributed by atoms with Gasteiger partial charge in [0.2, 0.25) is 0 Å². The Labute approximate surface area is 162 Å². The maximum absolute atomic E-state index is 5.81. The monoisotopic (exact) mass is 364 g/mol. The summed E-state index contributed by atoms with van der Waals surface area (Å²) in [6.07, 6.45) is 4.84. The van der Waals surface area contributed by atoms with E-state index in [-0.39, 0.29) is 5.66 Å². The van der Waals surface area contributed by atoms with Crippen LogP contribution < -0.4 is 21.7 Å². The van der Waals surface area contributed by atoms with Gasteiger partial charge in [-0.3, -0.25) is 5.32 Å². The van der Waals surface area contributed by atoms with Crippen LogP contribution in [0.4, 0.5) is 11.4 Å². The Bertz CT molecular complexity index is 724. The molecule has 2 fully saturated rings. The summed E-state index contributed by atoms with van der Waals surface area (Å²) in [5.41, 5.74) is 10.6. The normalized spacial score (nSPS) is 28.6. The molecule has 0 bridgehead atoms. The van der Waals surface area contributed by atoms with Gasteiger partial charge in [0.15, 0.2) is 0 Å². The van der Waals surface area contributed by atoms with Gasteiger partial charge < -0.3 is 16.4 Å². The van der Waals surface area contributed by atoms with Crippen LogP contribution in [0.1, 0.15) is 55.6 Å². The highest BCUT2D eigenvalue weighted by molar-refractivity contribution is 5.47. The lowest BCUT2D eigenvalue weighted by Gasteiger charge is -2.40. The second kappa shape index (κ2) is 7.91. The third-order valence-electron chi connectivity index (χ3n) is 6.24. The zero-order chi connectivity index (χ0) is 18.7. The van der Waals surface area contributed by atoms with Crippen molar-refractivity contribution in [3.05, 3.63) is 59.7 Å². The highest BCUT2D eigenvalue weighted by Gasteiger charge is 2.31. The fourth-order valence-electron chi connectivity index (χ4n) is 4.45. The van der Waals surface area contributed by atoms with Crippen LogP contribution in [0.2, 0.25) is 0 Å². The van der Waals surface area contributed by atoms with Crippen molar-refractivity contribution in [2.75, 3.05) is 30.7 Å². The number of rotatable bonds is 4. The van der Waals surface area contributed by atoms with Crippen molar-refractivity contribution in [1.82, 2.24) is 10.6 Å². The molecule has 2 aliphatic heterocycles. The molecule has 2 aromatic rings. The van der Waals surface area contributed by atoms with Crippen LogP contribution in [0.3, 0.4) is 0 Å². The number of benzene rings is 2. The first kappa shape index (κ1) is 18.3. The number of piperidine rings is 2. The minimum Gasteiger partial charge on any atom is -0.399 e. The molecule has 0 saturated carbocycles. The van der Waals surface area contributed by atoms with E-state index in [0.29, 0.717) is 11.8 Å². The topological polar surface area (TPSA) is 62.1 Å². The Morgan fingerprint density at radius 1 is 0.926 bits per heavy atom. The maximum atomic E-state index is 5.81. The molecule has 2 aromatic carbocycles. The smallest absolute Gasteiger partial charge is 0.0853 e. The minimum absolute atomic E-state index is 0.0573. The largest absolute Gasteiger partial charge is 0.399 e. The van der Waals surface area contributed by atoms with Gasteiger partial charge in [-0.2, -0.15) is 0 Å². The van der Waals surface area contributed by atoms with Crippen LogP contribution in [-0.4, -0.2) is 25.3 Å². The van der Waals surface area contributed by atoms with Gasteiger partial charge in [-0.25, -0.2) is 0 Å². The van der Waals surface area contributed by atoms with Gasteiger partial charge in [0.05, 0.1) is 5.66 Å². The second-order valence-corrected chi connectivity index (χ2v) is 8.41. The highest BCUT2D eigenvalue weighted by atomic mass is 15.2. The van der Waals surface area contributed by atoms with Gasteiger partial charge >= 0.3 is 0 Å². The zero-order valence-corrected chi connectivity index (χ0v) is 16.3. The number of hydrogen-bond donors (Lipinski definition) is 4. The summed E-state index contributed by atoms with van der Waals surface area (Å²) in [5, 5.41) is 11.0. The number of nitrogen functional groups attached to an aromatic ring is 1. The molecule has 2 unspecified atom stereocenters. The predicted molar refractivity (Wildman–Crippen MR) is 114 cm³/mol. The van der Waals surface area contributed by atoms with E-state index < -0.39 is 0 Å². The molecule has 0 radical (unpaired) electrons. The summed E-state index contributed by atoms with van der Waals surface area (Å²) in [5.74, 6) is 1.22. The number of nitrogens with one attached hydrogen (secondary N) is 3. The SMILES string of the molecule is C[C@]1(Nc2ccc(C3CCCNC3)cc2)CCC(c2ccc(N)cc2)CN1. The summed E-state index contributed by atoms with van der Waals surface area (Å²) in [7, 11) is 0. The van der Waals surface area contributed by atoms with Crippen molar-refractivity contribution in [2.24, 2.45) is 0 Å². The van der Waals surface area contributed by atoms with Gasteiger partial charge in [-0.1, -0.05) is 24.3 Å². The molecular weight excluding hydrogens is 332 g/mol. The first-order valence-electron chi connectivity index (χ1n) is 10.3. The molecule has 4 heteroatoms. The van der Waals surface area contributed by atoms with Crippen molar-refractivity contribution in [1.29, 1.82) is 0 Å². The molecule has 0 amide bonds. The third kappa shape index (κ3) is 4.45. The van der Waals surface area contributed by atoms with Crippen LogP contribution in [-0.2, 0) is 0 Å². The van der Waals surface area contributed by atoms with Crippen LogP contribution in [0.25, 0.3) is 0 Å². The van der Waals surface area contributed by atoms with Crippen LogP contribution >= 0.6 is 0 Å². The molecule has 2 heterocycles. The third-order valence-corrected chi connectivity index (χ3v) is 6.24. The summed E-state index contributed by atoms with van der Waals surface area (Å²) in [6.45, 7) is 5.53. The van der Waals surface area contributed by atoms with Crippen molar-refractivity contribution >= 4 is 11.4 Å². The Morgan fingerprint density at radius 2 is 1.59 bits per heavy atom. The van der Waals surface area contributed by atoms with Gasteiger partial charge in [0, 0.05) is 24.5 Å². The predicted octanol–water partition coefficient (Wildman–Crippen LogP) is 4.03. The molecule has 2 aliphatic rings.